The first-order chi connectivity index (χ1) is 6.59. The van der Waals surface area contributed by atoms with Gasteiger partial charge in [-0.1, -0.05) is 19.9 Å². The van der Waals surface area contributed by atoms with E-state index in [1.54, 1.807) is 6.07 Å². The van der Waals surface area contributed by atoms with Crippen molar-refractivity contribution < 1.29 is 4.79 Å². The van der Waals surface area contributed by atoms with Gasteiger partial charge in [-0.15, -0.1) is 0 Å². The molecule has 0 atom stereocenters. The molecule has 3 N–H and O–H groups in total. The number of aryl methyl sites for hydroxylation is 1. The number of nitrogens with two attached hydrogens (primary N) is 1. The number of hydrogen-bond donors (Lipinski definition) is 2. The lowest BCUT2D eigenvalue weighted by Crippen LogP contribution is -2.07. The number of carbonyl (C=O) groups excluding carboxylic acids is 1. The second-order valence-electron chi connectivity index (χ2n) is 2.77. The van der Waals surface area contributed by atoms with Gasteiger partial charge in [0, 0.05) is 6.92 Å². The second kappa shape index (κ2) is 6.02. The summed E-state index contributed by atoms with van der Waals surface area (Å²) >= 11 is 0. The van der Waals surface area contributed by atoms with Gasteiger partial charge >= 0.3 is 0 Å². The third kappa shape index (κ3) is 3.94. The third-order valence-electron chi connectivity index (χ3n) is 1.52. The van der Waals surface area contributed by atoms with Crippen LogP contribution in [-0.4, -0.2) is 5.91 Å². The molecular weight excluding hydrogens is 176 g/mol. The van der Waals surface area contributed by atoms with Crippen molar-refractivity contribution in [2.45, 2.75) is 27.7 Å². The summed E-state index contributed by atoms with van der Waals surface area (Å²) in [5, 5.41) is 2.64. The molecule has 0 spiro atoms. The zero-order valence-corrected chi connectivity index (χ0v) is 9.22. The Morgan fingerprint density at radius 1 is 1.36 bits per heavy atom. The number of nitrogens with one attached hydrogen (secondary N) is 1. The van der Waals surface area contributed by atoms with Gasteiger partial charge in [0.2, 0.25) is 5.91 Å². The SMILES string of the molecule is CC.CC(=O)Nc1ccc(C)cc1N. The maximum absolute atomic E-state index is 10.7. The lowest BCUT2D eigenvalue weighted by molar-refractivity contribution is -0.114. The predicted octanol–water partition coefficient (Wildman–Crippen LogP) is 2.56. The van der Waals surface area contributed by atoms with Gasteiger partial charge in [-0.2, -0.15) is 0 Å². The highest BCUT2D eigenvalue weighted by Crippen LogP contribution is 2.18. The van der Waals surface area contributed by atoms with E-state index in [2.05, 4.69) is 5.32 Å². The molecule has 1 amide bonds. The van der Waals surface area contributed by atoms with Crippen LogP contribution >= 0.6 is 0 Å². The van der Waals surface area contributed by atoms with Crippen molar-refractivity contribution in [2.75, 3.05) is 11.1 Å². The van der Waals surface area contributed by atoms with Gasteiger partial charge in [0.05, 0.1) is 11.4 Å². The molecule has 14 heavy (non-hydrogen) atoms. The van der Waals surface area contributed by atoms with Crippen molar-refractivity contribution in [3.63, 3.8) is 0 Å². The normalized spacial score (nSPS) is 8.57. The van der Waals surface area contributed by atoms with E-state index in [0.717, 1.165) is 5.56 Å². The smallest absolute Gasteiger partial charge is 0.221 e. The van der Waals surface area contributed by atoms with Gasteiger partial charge in [0.1, 0.15) is 0 Å². The summed E-state index contributed by atoms with van der Waals surface area (Å²) < 4.78 is 0. The average molecular weight is 194 g/mol. The molecule has 0 saturated heterocycles. The van der Waals surface area contributed by atoms with Gasteiger partial charge in [-0.25, -0.2) is 0 Å². The number of carbonyl (C=O) groups is 1. The van der Waals surface area contributed by atoms with E-state index in [4.69, 9.17) is 5.73 Å². The first kappa shape index (κ1) is 12.5. The lowest BCUT2D eigenvalue weighted by Gasteiger charge is -2.05. The standard InChI is InChI=1S/C9H12N2O.C2H6/c1-6-3-4-9(8(10)5-6)11-7(2)12;1-2/h3-5H,10H2,1-2H3,(H,11,12);1-2H3. The molecule has 0 aromatic heterocycles. The molecule has 3 heteroatoms. The summed E-state index contributed by atoms with van der Waals surface area (Å²) in [4.78, 5) is 10.7. The van der Waals surface area contributed by atoms with E-state index in [9.17, 15) is 4.79 Å². The number of hydrogen-bond acceptors (Lipinski definition) is 2. The molecule has 0 heterocycles. The predicted molar refractivity (Wildman–Crippen MR) is 61.2 cm³/mol. The summed E-state index contributed by atoms with van der Waals surface area (Å²) in [7, 11) is 0. The quantitative estimate of drug-likeness (QED) is 0.675. The van der Waals surface area contributed by atoms with Crippen LogP contribution in [0.4, 0.5) is 11.4 Å². The fourth-order valence-electron chi connectivity index (χ4n) is 0.986. The highest BCUT2D eigenvalue weighted by atomic mass is 16.1. The van der Waals surface area contributed by atoms with Gasteiger partial charge < -0.3 is 11.1 Å². The minimum atomic E-state index is -0.106. The molecule has 3 nitrogen and oxygen atoms in total. The van der Waals surface area contributed by atoms with Crippen LogP contribution in [0.2, 0.25) is 0 Å². The first-order valence-electron chi connectivity index (χ1n) is 4.73. The summed E-state index contributed by atoms with van der Waals surface area (Å²) in [5.41, 5.74) is 8.02. The fraction of sp³-hybridized carbons (Fsp3) is 0.364. The summed E-state index contributed by atoms with van der Waals surface area (Å²) in [6, 6.07) is 5.53. The van der Waals surface area contributed by atoms with Crippen LogP contribution in [0.15, 0.2) is 18.2 Å². The van der Waals surface area contributed by atoms with E-state index >= 15 is 0 Å². The van der Waals surface area contributed by atoms with Crippen molar-refractivity contribution in [2.24, 2.45) is 0 Å². The highest BCUT2D eigenvalue weighted by Gasteiger charge is 1.99. The van der Waals surface area contributed by atoms with Gasteiger partial charge in [-0.05, 0) is 24.6 Å². The van der Waals surface area contributed by atoms with E-state index in [-0.39, 0.29) is 5.91 Å². The fourth-order valence-corrected chi connectivity index (χ4v) is 0.986. The first-order valence-corrected chi connectivity index (χ1v) is 4.73. The molecule has 1 rings (SSSR count). The van der Waals surface area contributed by atoms with Crippen molar-refractivity contribution in [3.8, 4) is 0 Å². The Morgan fingerprint density at radius 3 is 2.36 bits per heavy atom. The molecule has 0 aliphatic carbocycles. The molecule has 78 valence electrons. The van der Waals surface area contributed by atoms with Crippen LogP contribution in [0.5, 0.6) is 0 Å². The molecule has 0 aliphatic heterocycles. The number of nitrogen functional groups attached to an aromatic ring is 1. The number of rotatable bonds is 1. The largest absolute Gasteiger partial charge is 0.397 e. The Bertz CT molecular complexity index is 308. The molecule has 0 unspecified atom stereocenters. The number of amides is 1. The Kier molecular flexibility index (Phi) is 5.37. The van der Waals surface area contributed by atoms with Crippen LogP contribution in [0.25, 0.3) is 0 Å². The van der Waals surface area contributed by atoms with Gasteiger partial charge in [-0.3, -0.25) is 4.79 Å². The Morgan fingerprint density at radius 2 is 1.93 bits per heavy atom. The van der Waals surface area contributed by atoms with Crippen molar-refractivity contribution >= 4 is 17.3 Å². The topological polar surface area (TPSA) is 55.1 Å². The minimum Gasteiger partial charge on any atom is -0.397 e. The van der Waals surface area contributed by atoms with Crippen molar-refractivity contribution in [3.05, 3.63) is 23.8 Å². The van der Waals surface area contributed by atoms with Crippen LogP contribution in [0, 0.1) is 6.92 Å². The van der Waals surface area contributed by atoms with E-state index in [1.807, 2.05) is 32.9 Å². The minimum absolute atomic E-state index is 0.106. The Labute approximate surface area is 85.3 Å². The maximum atomic E-state index is 10.7. The summed E-state index contributed by atoms with van der Waals surface area (Å²) in [5.74, 6) is -0.106. The molecule has 0 bridgehead atoms. The van der Waals surface area contributed by atoms with Crippen LogP contribution in [0.3, 0.4) is 0 Å². The molecule has 1 aromatic rings. The number of anilines is 2. The molecule has 0 radical (unpaired) electrons. The molecule has 0 saturated carbocycles. The highest BCUT2D eigenvalue weighted by molar-refractivity contribution is 5.92. The van der Waals surface area contributed by atoms with E-state index in [1.165, 1.54) is 6.92 Å². The Balaban J connectivity index is 0.000000791. The van der Waals surface area contributed by atoms with Crippen LogP contribution < -0.4 is 11.1 Å². The molecule has 0 fully saturated rings. The third-order valence-corrected chi connectivity index (χ3v) is 1.52. The summed E-state index contributed by atoms with van der Waals surface area (Å²) in [6.45, 7) is 7.41. The zero-order valence-electron chi connectivity index (χ0n) is 9.22. The zero-order chi connectivity index (χ0) is 11.1. The Hall–Kier alpha value is -1.51. The molecule has 0 aliphatic rings. The molecule has 1 aromatic carbocycles. The second-order valence-corrected chi connectivity index (χ2v) is 2.77. The molecular formula is C11H18N2O. The number of benzene rings is 1. The maximum Gasteiger partial charge on any atom is 0.221 e. The van der Waals surface area contributed by atoms with Crippen LogP contribution in [0.1, 0.15) is 26.3 Å². The van der Waals surface area contributed by atoms with Gasteiger partial charge in [0.15, 0.2) is 0 Å². The van der Waals surface area contributed by atoms with E-state index < -0.39 is 0 Å². The van der Waals surface area contributed by atoms with Crippen LogP contribution in [-0.2, 0) is 4.79 Å². The van der Waals surface area contributed by atoms with Gasteiger partial charge in [0.25, 0.3) is 0 Å². The van der Waals surface area contributed by atoms with Crippen molar-refractivity contribution in [1.29, 1.82) is 0 Å². The average Bonchev–Trinajstić information content (AvgIpc) is 2.13. The lowest BCUT2D eigenvalue weighted by atomic mass is 10.2. The summed E-state index contributed by atoms with van der Waals surface area (Å²) in [6.07, 6.45) is 0. The van der Waals surface area contributed by atoms with E-state index in [0.29, 0.717) is 11.4 Å². The monoisotopic (exact) mass is 194 g/mol. The van der Waals surface area contributed by atoms with Crippen molar-refractivity contribution in [1.82, 2.24) is 0 Å².